The Hall–Kier alpha value is -0.643. The number of hydrogen-bond donors (Lipinski definition) is 2. The molecule has 2 nitrogen and oxygen atoms in total. The fourth-order valence-corrected chi connectivity index (χ4v) is 2.91. The number of hydrogen-bond acceptors (Lipinski definition) is 2. The maximum Gasteiger partial charge on any atom is 0.189 e. The smallest absolute Gasteiger partial charge is 0.189 e. The Balaban J connectivity index is 3.03. The predicted molar refractivity (Wildman–Crippen MR) is 65.3 cm³/mol. The van der Waals surface area contributed by atoms with E-state index in [-0.39, 0.29) is 5.54 Å². The molecule has 0 spiro atoms. The van der Waals surface area contributed by atoms with E-state index in [1.54, 1.807) is 12.1 Å². The molecule has 0 aromatic heterocycles. The highest BCUT2D eigenvalue weighted by Crippen LogP contribution is 2.37. The first-order chi connectivity index (χ1) is 6.76. The number of rotatable bonds is 3. The van der Waals surface area contributed by atoms with E-state index in [2.05, 4.69) is 19.6 Å². The zero-order chi connectivity index (χ0) is 11.7. The standard InChI is InChI=1S/C12H20O2Si/c1-10(15(2,3)4)12(13,14)11-8-6-5-7-9-11/h5-10,13-14H,1-4H3. The number of benzene rings is 1. The minimum atomic E-state index is -1.70. The van der Waals surface area contributed by atoms with Crippen LogP contribution in [0.15, 0.2) is 30.3 Å². The summed E-state index contributed by atoms with van der Waals surface area (Å²) in [6, 6.07) is 9.05. The molecule has 0 aliphatic carbocycles. The molecule has 0 aliphatic rings. The van der Waals surface area contributed by atoms with Gasteiger partial charge in [-0.2, -0.15) is 0 Å². The molecule has 0 bridgehead atoms. The molecule has 1 aromatic carbocycles. The lowest BCUT2D eigenvalue weighted by Crippen LogP contribution is -2.42. The van der Waals surface area contributed by atoms with Crippen LogP contribution < -0.4 is 0 Å². The molecule has 0 fully saturated rings. The maximum absolute atomic E-state index is 10.2. The van der Waals surface area contributed by atoms with Crippen molar-refractivity contribution in [1.29, 1.82) is 0 Å². The summed E-state index contributed by atoms with van der Waals surface area (Å²) in [6.45, 7) is 8.34. The first-order valence-electron chi connectivity index (χ1n) is 5.26. The SMILES string of the molecule is CC(C(O)(O)c1ccccc1)[Si](C)(C)C. The Morgan fingerprint density at radius 1 is 1.07 bits per heavy atom. The summed E-state index contributed by atoms with van der Waals surface area (Å²) in [5, 5.41) is 20.4. The van der Waals surface area contributed by atoms with Gasteiger partial charge in [0.25, 0.3) is 0 Å². The average molecular weight is 224 g/mol. The molecule has 0 aliphatic heterocycles. The topological polar surface area (TPSA) is 40.5 Å². The van der Waals surface area contributed by atoms with Crippen molar-refractivity contribution >= 4 is 8.07 Å². The molecule has 1 aromatic rings. The van der Waals surface area contributed by atoms with Gasteiger partial charge in [0.05, 0.1) is 8.07 Å². The van der Waals surface area contributed by atoms with Crippen molar-refractivity contribution in [3.8, 4) is 0 Å². The van der Waals surface area contributed by atoms with Gasteiger partial charge in [0.15, 0.2) is 5.79 Å². The van der Waals surface area contributed by atoms with Crippen LogP contribution >= 0.6 is 0 Å². The summed E-state index contributed by atoms with van der Waals surface area (Å²) < 4.78 is 0. The van der Waals surface area contributed by atoms with Crippen molar-refractivity contribution < 1.29 is 10.2 Å². The highest BCUT2D eigenvalue weighted by atomic mass is 28.3. The summed E-state index contributed by atoms with van der Waals surface area (Å²) >= 11 is 0. The van der Waals surface area contributed by atoms with Gasteiger partial charge in [0.1, 0.15) is 0 Å². The Kier molecular flexibility index (Phi) is 3.38. The van der Waals surface area contributed by atoms with E-state index in [1.165, 1.54) is 0 Å². The molecular formula is C12H20O2Si. The van der Waals surface area contributed by atoms with Gasteiger partial charge in [-0.05, 0) is 0 Å². The molecule has 1 rings (SSSR count). The third kappa shape index (κ3) is 2.68. The minimum Gasteiger partial charge on any atom is -0.362 e. The zero-order valence-electron chi connectivity index (χ0n) is 9.86. The second-order valence-corrected chi connectivity index (χ2v) is 10.8. The van der Waals surface area contributed by atoms with Gasteiger partial charge < -0.3 is 10.2 Å². The van der Waals surface area contributed by atoms with E-state index >= 15 is 0 Å². The molecule has 3 heteroatoms. The Labute approximate surface area is 92.6 Å². The third-order valence-electron chi connectivity index (χ3n) is 3.10. The van der Waals surface area contributed by atoms with Crippen molar-refractivity contribution in [1.82, 2.24) is 0 Å². The van der Waals surface area contributed by atoms with Gasteiger partial charge in [-0.25, -0.2) is 0 Å². The summed E-state index contributed by atoms with van der Waals surface area (Å²) in [5.74, 6) is -1.70. The third-order valence-corrected chi connectivity index (χ3v) is 6.10. The molecule has 0 heterocycles. The van der Waals surface area contributed by atoms with Crippen LogP contribution in [0.3, 0.4) is 0 Å². The lowest BCUT2D eigenvalue weighted by Gasteiger charge is -2.36. The second-order valence-electron chi connectivity index (χ2n) is 5.18. The first-order valence-corrected chi connectivity index (χ1v) is 8.84. The summed E-state index contributed by atoms with van der Waals surface area (Å²) in [7, 11) is -1.58. The van der Waals surface area contributed by atoms with Crippen molar-refractivity contribution in [2.75, 3.05) is 0 Å². The van der Waals surface area contributed by atoms with Gasteiger partial charge in [-0.3, -0.25) is 0 Å². The van der Waals surface area contributed by atoms with Gasteiger partial charge in [-0.15, -0.1) is 0 Å². The molecule has 0 amide bonds. The van der Waals surface area contributed by atoms with Crippen LogP contribution in [0.1, 0.15) is 12.5 Å². The van der Waals surface area contributed by atoms with E-state index in [4.69, 9.17) is 0 Å². The summed E-state index contributed by atoms with van der Waals surface area (Å²) in [6.07, 6.45) is 0. The number of aliphatic hydroxyl groups is 2. The van der Waals surface area contributed by atoms with Crippen LogP contribution in [-0.4, -0.2) is 18.3 Å². The van der Waals surface area contributed by atoms with Crippen molar-refractivity contribution in [3.63, 3.8) is 0 Å². The molecule has 0 saturated heterocycles. The molecular weight excluding hydrogens is 204 g/mol. The van der Waals surface area contributed by atoms with Gasteiger partial charge >= 0.3 is 0 Å². The highest BCUT2D eigenvalue weighted by Gasteiger charge is 2.40. The summed E-state index contributed by atoms with van der Waals surface area (Å²) in [4.78, 5) is 0. The average Bonchev–Trinajstić information content (AvgIpc) is 2.16. The zero-order valence-corrected chi connectivity index (χ0v) is 10.9. The van der Waals surface area contributed by atoms with E-state index < -0.39 is 13.9 Å². The van der Waals surface area contributed by atoms with Gasteiger partial charge in [0.2, 0.25) is 0 Å². The van der Waals surface area contributed by atoms with Crippen molar-refractivity contribution in [3.05, 3.63) is 35.9 Å². The summed E-state index contributed by atoms with van der Waals surface area (Å²) in [5.41, 5.74) is 0.479. The molecule has 0 radical (unpaired) electrons. The van der Waals surface area contributed by atoms with E-state index in [0.29, 0.717) is 5.56 Å². The first kappa shape index (κ1) is 12.4. The molecule has 84 valence electrons. The lowest BCUT2D eigenvalue weighted by atomic mass is 10.0. The fraction of sp³-hybridized carbons (Fsp3) is 0.500. The minimum absolute atomic E-state index is 0.104. The Bertz CT molecular complexity index is 314. The van der Waals surface area contributed by atoms with Gasteiger partial charge in [0, 0.05) is 11.1 Å². The Morgan fingerprint density at radius 2 is 1.53 bits per heavy atom. The van der Waals surface area contributed by atoms with Crippen LogP contribution in [0.2, 0.25) is 25.2 Å². The van der Waals surface area contributed by atoms with E-state index in [1.807, 2.05) is 25.1 Å². The van der Waals surface area contributed by atoms with Crippen LogP contribution in [-0.2, 0) is 5.79 Å². The van der Waals surface area contributed by atoms with Crippen LogP contribution in [0, 0.1) is 0 Å². The normalized spacial score (nSPS) is 15.1. The fourth-order valence-electron chi connectivity index (χ4n) is 1.54. The molecule has 1 unspecified atom stereocenters. The van der Waals surface area contributed by atoms with Crippen molar-refractivity contribution in [2.24, 2.45) is 0 Å². The van der Waals surface area contributed by atoms with Gasteiger partial charge in [-0.1, -0.05) is 56.9 Å². The molecule has 0 saturated carbocycles. The van der Waals surface area contributed by atoms with Crippen LogP contribution in [0.4, 0.5) is 0 Å². The maximum atomic E-state index is 10.2. The lowest BCUT2D eigenvalue weighted by molar-refractivity contribution is -0.171. The van der Waals surface area contributed by atoms with E-state index in [9.17, 15) is 10.2 Å². The monoisotopic (exact) mass is 224 g/mol. The molecule has 1 atom stereocenters. The quantitative estimate of drug-likeness (QED) is 0.612. The Morgan fingerprint density at radius 3 is 1.93 bits per heavy atom. The van der Waals surface area contributed by atoms with Crippen molar-refractivity contribution in [2.45, 2.75) is 37.9 Å². The predicted octanol–water partition coefficient (Wildman–Crippen LogP) is 2.55. The largest absolute Gasteiger partial charge is 0.362 e. The van der Waals surface area contributed by atoms with Crippen LogP contribution in [0.25, 0.3) is 0 Å². The molecule has 15 heavy (non-hydrogen) atoms. The molecule has 2 N–H and O–H groups in total. The second kappa shape index (κ2) is 4.08. The van der Waals surface area contributed by atoms with E-state index in [0.717, 1.165) is 0 Å². The van der Waals surface area contributed by atoms with Crippen LogP contribution in [0.5, 0.6) is 0 Å². The highest BCUT2D eigenvalue weighted by molar-refractivity contribution is 6.77.